The van der Waals surface area contributed by atoms with Crippen LogP contribution in [0.25, 0.3) is 0 Å². The van der Waals surface area contributed by atoms with Crippen molar-refractivity contribution in [1.29, 1.82) is 0 Å². The summed E-state index contributed by atoms with van der Waals surface area (Å²) in [5.74, 6) is 0.523. The molecule has 0 aliphatic rings. The highest BCUT2D eigenvalue weighted by Gasteiger charge is 2.04. The molecule has 0 saturated heterocycles. The third kappa shape index (κ3) is 6.61. The van der Waals surface area contributed by atoms with E-state index in [-0.39, 0.29) is 11.5 Å². The maximum absolute atomic E-state index is 11.0. The fraction of sp³-hybridized carbons (Fsp3) is 1.00. The van der Waals surface area contributed by atoms with Gasteiger partial charge in [0.2, 0.25) is 0 Å². The summed E-state index contributed by atoms with van der Waals surface area (Å²) in [6, 6.07) is 0. The van der Waals surface area contributed by atoms with Gasteiger partial charge in [-0.3, -0.25) is 0 Å². The molecule has 0 atom stereocenters. The van der Waals surface area contributed by atoms with Crippen molar-refractivity contribution in [3.05, 3.63) is 0 Å². The molecule has 3 nitrogen and oxygen atoms in total. The molecule has 0 aliphatic heterocycles. The summed E-state index contributed by atoms with van der Waals surface area (Å²) in [5.41, 5.74) is 0. The lowest BCUT2D eigenvalue weighted by molar-refractivity contribution is 0.589. The second kappa shape index (κ2) is 6.43. The van der Waals surface area contributed by atoms with Crippen molar-refractivity contribution >= 4 is 9.84 Å². The molecular weight excluding hydrogens is 174 g/mol. The third-order valence-corrected chi connectivity index (χ3v) is 3.44. The van der Waals surface area contributed by atoms with Crippen LogP contribution in [0.15, 0.2) is 0 Å². The number of sulfone groups is 1. The number of unbranched alkanes of at least 4 members (excludes halogenated alkanes) is 1. The van der Waals surface area contributed by atoms with E-state index >= 15 is 0 Å². The van der Waals surface area contributed by atoms with Gasteiger partial charge < -0.3 is 5.32 Å². The van der Waals surface area contributed by atoms with Gasteiger partial charge in [0.05, 0.1) is 5.75 Å². The molecule has 0 fully saturated rings. The van der Waals surface area contributed by atoms with Crippen molar-refractivity contribution < 1.29 is 8.42 Å². The van der Waals surface area contributed by atoms with Crippen LogP contribution in [0.2, 0.25) is 0 Å². The monoisotopic (exact) mass is 193 g/mol. The molecule has 0 aromatic rings. The summed E-state index contributed by atoms with van der Waals surface area (Å²) < 4.78 is 22.0. The minimum atomic E-state index is -2.77. The molecule has 0 saturated carbocycles. The highest BCUT2D eigenvalue weighted by atomic mass is 32.2. The SMILES string of the molecule is CCCCNCCS(=O)(=O)CC. The Labute approximate surface area is 75.5 Å². The van der Waals surface area contributed by atoms with E-state index in [1.165, 1.54) is 0 Å². The van der Waals surface area contributed by atoms with Gasteiger partial charge >= 0.3 is 0 Å². The van der Waals surface area contributed by atoms with Crippen LogP contribution >= 0.6 is 0 Å². The highest BCUT2D eigenvalue weighted by molar-refractivity contribution is 7.91. The summed E-state index contributed by atoms with van der Waals surface area (Å²) in [6.45, 7) is 5.32. The molecule has 0 bridgehead atoms. The van der Waals surface area contributed by atoms with Crippen molar-refractivity contribution in [3.8, 4) is 0 Å². The zero-order valence-corrected chi connectivity index (χ0v) is 8.78. The second-order valence-corrected chi connectivity index (χ2v) is 5.31. The Hall–Kier alpha value is -0.0900. The van der Waals surface area contributed by atoms with Crippen LogP contribution in [0, 0.1) is 0 Å². The van der Waals surface area contributed by atoms with E-state index in [1.807, 2.05) is 0 Å². The average molecular weight is 193 g/mol. The van der Waals surface area contributed by atoms with Crippen LogP contribution in [0.3, 0.4) is 0 Å². The van der Waals surface area contributed by atoms with Crippen LogP contribution < -0.4 is 5.32 Å². The quantitative estimate of drug-likeness (QED) is 0.609. The van der Waals surface area contributed by atoms with E-state index in [4.69, 9.17) is 0 Å². The zero-order valence-electron chi connectivity index (χ0n) is 7.97. The van der Waals surface area contributed by atoms with Gasteiger partial charge in [-0.05, 0) is 13.0 Å². The predicted molar refractivity (Wildman–Crippen MR) is 52.1 cm³/mol. The minimum absolute atomic E-state index is 0.252. The Morgan fingerprint density at radius 1 is 1.17 bits per heavy atom. The molecule has 74 valence electrons. The molecule has 0 aromatic carbocycles. The van der Waals surface area contributed by atoms with Gasteiger partial charge in [-0.25, -0.2) is 8.42 Å². The second-order valence-electron chi connectivity index (χ2n) is 2.84. The number of rotatable bonds is 7. The Balaban J connectivity index is 3.32. The van der Waals surface area contributed by atoms with Gasteiger partial charge in [0, 0.05) is 12.3 Å². The molecule has 1 N–H and O–H groups in total. The lowest BCUT2D eigenvalue weighted by Gasteiger charge is -2.02. The van der Waals surface area contributed by atoms with Gasteiger partial charge in [-0.15, -0.1) is 0 Å². The molecule has 0 unspecified atom stereocenters. The van der Waals surface area contributed by atoms with Crippen LogP contribution in [-0.2, 0) is 9.84 Å². The molecule has 0 aromatic heterocycles. The first-order valence-electron chi connectivity index (χ1n) is 4.53. The standard InChI is InChI=1S/C8H19NO2S/c1-3-5-6-9-7-8-12(10,11)4-2/h9H,3-8H2,1-2H3. The largest absolute Gasteiger partial charge is 0.316 e. The summed E-state index contributed by atoms with van der Waals surface area (Å²) in [5, 5.41) is 3.10. The molecular formula is C8H19NO2S. The Morgan fingerprint density at radius 3 is 2.33 bits per heavy atom. The number of hydrogen-bond donors (Lipinski definition) is 1. The fourth-order valence-electron chi connectivity index (χ4n) is 0.799. The van der Waals surface area contributed by atoms with Gasteiger partial charge in [0.1, 0.15) is 0 Å². The molecule has 0 radical (unpaired) electrons. The van der Waals surface area contributed by atoms with E-state index in [0.717, 1.165) is 19.4 Å². The lowest BCUT2D eigenvalue weighted by Crippen LogP contribution is -2.24. The van der Waals surface area contributed by atoms with Crippen molar-refractivity contribution in [2.45, 2.75) is 26.7 Å². The van der Waals surface area contributed by atoms with Gasteiger partial charge in [0.25, 0.3) is 0 Å². The van der Waals surface area contributed by atoms with Crippen molar-refractivity contribution in [2.75, 3.05) is 24.6 Å². The molecule has 4 heteroatoms. The van der Waals surface area contributed by atoms with Gasteiger partial charge in [-0.2, -0.15) is 0 Å². The predicted octanol–water partition coefficient (Wildman–Crippen LogP) is 0.811. The summed E-state index contributed by atoms with van der Waals surface area (Å²) in [6.07, 6.45) is 2.26. The van der Waals surface area contributed by atoms with Crippen molar-refractivity contribution in [1.82, 2.24) is 5.32 Å². The Bertz CT molecular complexity index is 187. The van der Waals surface area contributed by atoms with Crippen LogP contribution in [0.5, 0.6) is 0 Å². The first-order chi connectivity index (χ1) is 5.62. The van der Waals surface area contributed by atoms with E-state index in [0.29, 0.717) is 6.54 Å². The molecule has 0 heterocycles. The molecule has 12 heavy (non-hydrogen) atoms. The first kappa shape index (κ1) is 11.9. The Morgan fingerprint density at radius 2 is 1.83 bits per heavy atom. The van der Waals surface area contributed by atoms with Gasteiger partial charge in [-0.1, -0.05) is 20.3 Å². The van der Waals surface area contributed by atoms with Crippen LogP contribution in [0.4, 0.5) is 0 Å². The smallest absolute Gasteiger partial charge is 0.151 e. The maximum atomic E-state index is 11.0. The van der Waals surface area contributed by atoms with E-state index in [2.05, 4.69) is 12.2 Å². The summed E-state index contributed by atoms with van der Waals surface area (Å²) >= 11 is 0. The maximum Gasteiger partial charge on any atom is 0.151 e. The number of hydrogen-bond acceptors (Lipinski definition) is 3. The van der Waals surface area contributed by atoms with Crippen LogP contribution in [-0.4, -0.2) is 33.0 Å². The third-order valence-electron chi connectivity index (χ3n) is 1.74. The molecule has 0 spiro atoms. The van der Waals surface area contributed by atoms with E-state index in [9.17, 15) is 8.42 Å². The molecule has 0 rings (SSSR count). The summed E-state index contributed by atoms with van der Waals surface area (Å²) in [4.78, 5) is 0. The first-order valence-corrected chi connectivity index (χ1v) is 6.35. The molecule has 0 amide bonds. The zero-order chi connectivity index (χ0) is 9.45. The van der Waals surface area contributed by atoms with Crippen molar-refractivity contribution in [2.24, 2.45) is 0 Å². The number of nitrogens with one attached hydrogen (secondary N) is 1. The van der Waals surface area contributed by atoms with Gasteiger partial charge in [0.15, 0.2) is 9.84 Å². The van der Waals surface area contributed by atoms with E-state index < -0.39 is 9.84 Å². The summed E-state index contributed by atoms with van der Waals surface area (Å²) in [7, 11) is -2.77. The Kier molecular flexibility index (Phi) is 6.38. The fourth-order valence-corrected chi connectivity index (χ4v) is 1.54. The van der Waals surface area contributed by atoms with E-state index in [1.54, 1.807) is 6.92 Å². The lowest BCUT2D eigenvalue weighted by atomic mass is 10.3. The highest BCUT2D eigenvalue weighted by Crippen LogP contribution is 1.87. The van der Waals surface area contributed by atoms with Crippen molar-refractivity contribution in [3.63, 3.8) is 0 Å². The molecule has 0 aliphatic carbocycles. The minimum Gasteiger partial charge on any atom is -0.316 e. The van der Waals surface area contributed by atoms with Crippen LogP contribution in [0.1, 0.15) is 26.7 Å². The normalized spacial score (nSPS) is 11.8. The topological polar surface area (TPSA) is 46.2 Å². The average Bonchev–Trinajstić information content (AvgIpc) is 2.04.